The summed E-state index contributed by atoms with van der Waals surface area (Å²) in [4.78, 5) is 16.5. The molecular formula is C16H18N2O. The van der Waals surface area contributed by atoms with Crippen LogP contribution in [0.2, 0.25) is 0 Å². The van der Waals surface area contributed by atoms with Crippen molar-refractivity contribution in [1.82, 2.24) is 10.3 Å². The highest BCUT2D eigenvalue weighted by Crippen LogP contribution is 2.18. The summed E-state index contributed by atoms with van der Waals surface area (Å²) in [6.45, 7) is 0. The van der Waals surface area contributed by atoms with Crippen molar-refractivity contribution in [3.8, 4) is 0 Å². The van der Waals surface area contributed by atoms with Crippen molar-refractivity contribution in [2.24, 2.45) is 0 Å². The van der Waals surface area contributed by atoms with Gasteiger partial charge in [-0.3, -0.25) is 9.78 Å². The van der Waals surface area contributed by atoms with E-state index >= 15 is 0 Å². The van der Waals surface area contributed by atoms with Gasteiger partial charge in [-0.2, -0.15) is 0 Å². The van der Waals surface area contributed by atoms with Gasteiger partial charge in [-0.15, -0.1) is 0 Å². The first-order chi connectivity index (χ1) is 9.31. The molecule has 1 aliphatic carbocycles. The molecule has 0 atom stereocenters. The van der Waals surface area contributed by atoms with E-state index in [4.69, 9.17) is 0 Å². The van der Waals surface area contributed by atoms with Crippen molar-refractivity contribution in [1.29, 1.82) is 0 Å². The highest BCUT2D eigenvalue weighted by molar-refractivity contribution is 5.81. The molecule has 3 rings (SSSR count). The highest BCUT2D eigenvalue weighted by Gasteiger charge is 2.17. The summed E-state index contributed by atoms with van der Waals surface area (Å²) in [6, 6.07) is 12.3. The number of hydrogen-bond donors (Lipinski definition) is 1. The summed E-state index contributed by atoms with van der Waals surface area (Å²) in [6.07, 6.45) is 5.09. The van der Waals surface area contributed by atoms with Gasteiger partial charge < -0.3 is 5.32 Å². The predicted octanol–water partition coefficient (Wildman–Crippen LogP) is 2.84. The molecule has 0 saturated heterocycles. The fourth-order valence-corrected chi connectivity index (χ4v) is 2.72. The molecular weight excluding hydrogens is 236 g/mol. The van der Waals surface area contributed by atoms with Gasteiger partial charge in [0.1, 0.15) is 0 Å². The predicted molar refractivity (Wildman–Crippen MR) is 75.8 cm³/mol. The second-order valence-corrected chi connectivity index (χ2v) is 5.22. The van der Waals surface area contributed by atoms with Crippen LogP contribution in [0.3, 0.4) is 0 Å². The summed E-state index contributed by atoms with van der Waals surface area (Å²) in [5, 5.41) is 4.21. The Hall–Kier alpha value is -1.90. The van der Waals surface area contributed by atoms with Crippen molar-refractivity contribution < 1.29 is 4.79 Å². The van der Waals surface area contributed by atoms with Crippen LogP contribution in [0.1, 0.15) is 31.4 Å². The number of nitrogens with zero attached hydrogens (tertiary/aromatic N) is 1. The van der Waals surface area contributed by atoms with Crippen LogP contribution in [0.5, 0.6) is 0 Å². The van der Waals surface area contributed by atoms with Crippen LogP contribution in [0.25, 0.3) is 10.9 Å². The molecule has 3 heteroatoms. The fraction of sp³-hybridized carbons (Fsp3) is 0.375. The smallest absolute Gasteiger partial charge is 0.226 e. The number of carbonyl (C=O) groups excluding carboxylic acids is 1. The first-order valence-electron chi connectivity index (χ1n) is 6.95. The lowest BCUT2D eigenvalue weighted by atomic mass is 10.1. The number of rotatable bonds is 3. The molecule has 0 spiro atoms. The van der Waals surface area contributed by atoms with E-state index in [0.717, 1.165) is 29.4 Å². The maximum absolute atomic E-state index is 12.0. The topological polar surface area (TPSA) is 42.0 Å². The first-order valence-corrected chi connectivity index (χ1v) is 6.95. The molecule has 1 fully saturated rings. The summed E-state index contributed by atoms with van der Waals surface area (Å²) in [7, 11) is 0. The number of benzene rings is 1. The van der Waals surface area contributed by atoms with Crippen LogP contribution in [0.4, 0.5) is 0 Å². The molecule has 98 valence electrons. The second-order valence-electron chi connectivity index (χ2n) is 5.22. The van der Waals surface area contributed by atoms with E-state index in [2.05, 4.69) is 10.3 Å². The lowest BCUT2D eigenvalue weighted by Gasteiger charge is -2.11. The van der Waals surface area contributed by atoms with Crippen LogP contribution in [-0.2, 0) is 11.2 Å². The van der Waals surface area contributed by atoms with Gasteiger partial charge in [0.25, 0.3) is 0 Å². The Labute approximate surface area is 113 Å². The molecule has 1 amide bonds. The van der Waals surface area contributed by atoms with Gasteiger partial charge in [0.05, 0.1) is 17.6 Å². The fourth-order valence-electron chi connectivity index (χ4n) is 2.72. The molecule has 3 nitrogen and oxygen atoms in total. The third-order valence-electron chi connectivity index (χ3n) is 3.72. The van der Waals surface area contributed by atoms with Gasteiger partial charge >= 0.3 is 0 Å². The minimum atomic E-state index is 0.0923. The molecule has 0 unspecified atom stereocenters. The van der Waals surface area contributed by atoms with E-state index < -0.39 is 0 Å². The van der Waals surface area contributed by atoms with Gasteiger partial charge in [0, 0.05) is 11.4 Å². The first kappa shape index (κ1) is 12.2. The van der Waals surface area contributed by atoms with Crippen molar-refractivity contribution in [3.63, 3.8) is 0 Å². The summed E-state index contributed by atoms with van der Waals surface area (Å²) in [5.41, 5.74) is 1.79. The number of pyridine rings is 1. The molecule has 1 aromatic heterocycles. The van der Waals surface area contributed by atoms with Crippen LogP contribution in [-0.4, -0.2) is 16.9 Å². The number of amides is 1. The van der Waals surface area contributed by atoms with Gasteiger partial charge in [-0.05, 0) is 25.0 Å². The molecule has 1 saturated carbocycles. The van der Waals surface area contributed by atoms with Crippen LogP contribution < -0.4 is 5.32 Å². The zero-order chi connectivity index (χ0) is 13.1. The molecule has 1 aliphatic rings. The minimum absolute atomic E-state index is 0.0923. The monoisotopic (exact) mass is 254 g/mol. The number of aromatic nitrogens is 1. The van der Waals surface area contributed by atoms with E-state index in [-0.39, 0.29) is 5.91 Å². The molecule has 0 aliphatic heterocycles. The number of nitrogens with one attached hydrogen (secondary N) is 1. The lowest BCUT2D eigenvalue weighted by molar-refractivity contribution is -0.121. The van der Waals surface area contributed by atoms with E-state index in [1.165, 1.54) is 12.8 Å². The Morgan fingerprint density at radius 2 is 1.95 bits per heavy atom. The normalized spacial score (nSPS) is 15.8. The van der Waals surface area contributed by atoms with Crippen LogP contribution in [0.15, 0.2) is 36.4 Å². The zero-order valence-corrected chi connectivity index (χ0v) is 10.9. The number of fused-ring (bicyclic) bond motifs is 1. The number of hydrogen-bond acceptors (Lipinski definition) is 2. The average molecular weight is 254 g/mol. The molecule has 0 radical (unpaired) electrons. The largest absolute Gasteiger partial charge is 0.353 e. The van der Waals surface area contributed by atoms with E-state index in [0.29, 0.717) is 12.5 Å². The Morgan fingerprint density at radius 1 is 1.16 bits per heavy atom. The summed E-state index contributed by atoms with van der Waals surface area (Å²) < 4.78 is 0. The molecule has 2 aromatic rings. The molecule has 0 bridgehead atoms. The highest BCUT2D eigenvalue weighted by atomic mass is 16.1. The van der Waals surface area contributed by atoms with Gasteiger partial charge in [-0.1, -0.05) is 37.1 Å². The maximum Gasteiger partial charge on any atom is 0.226 e. The number of carbonyl (C=O) groups is 1. The average Bonchev–Trinajstić information content (AvgIpc) is 2.91. The van der Waals surface area contributed by atoms with Crippen LogP contribution >= 0.6 is 0 Å². The van der Waals surface area contributed by atoms with Crippen molar-refractivity contribution in [2.75, 3.05) is 0 Å². The SMILES string of the molecule is O=C(Cc1ccc2ccccc2n1)NC1CCCC1. The van der Waals surface area contributed by atoms with Crippen LogP contribution in [0, 0.1) is 0 Å². The zero-order valence-electron chi connectivity index (χ0n) is 10.9. The minimum Gasteiger partial charge on any atom is -0.353 e. The van der Waals surface area contributed by atoms with Crippen molar-refractivity contribution >= 4 is 16.8 Å². The van der Waals surface area contributed by atoms with E-state index in [9.17, 15) is 4.79 Å². The van der Waals surface area contributed by atoms with Crippen molar-refractivity contribution in [3.05, 3.63) is 42.1 Å². The Morgan fingerprint density at radius 3 is 2.79 bits per heavy atom. The van der Waals surface area contributed by atoms with E-state index in [1.54, 1.807) is 0 Å². The van der Waals surface area contributed by atoms with Gasteiger partial charge in [0.15, 0.2) is 0 Å². The quantitative estimate of drug-likeness (QED) is 0.915. The standard InChI is InChI=1S/C16H18N2O/c19-16(18-13-6-2-3-7-13)11-14-10-9-12-5-1-4-8-15(12)17-14/h1,4-5,8-10,13H,2-3,6-7,11H2,(H,18,19). The lowest BCUT2D eigenvalue weighted by Crippen LogP contribution is -2.33. The molecule has 1 N–H and O–H groups in total. The third kappa shape index (κ3) is 2.92. The Bertz CT molecular complexity index is 588. The summed E-state index contributed by atoms with van der Waals surface area (Å²) >= 11 is 0. The molecule has 1 aromatic carbocycles. The Balaban J connectivity index is 1.68. The molecule has 19 heavy (non-hydrogen) atoms. The maximum atomic E-state index is 12.0. The second kappa shape index (κ2) is 5.39. The third-order valence-corrected chi connectivity index (χ3v) is 3.72. The van der Waals surface area contributed by atoms with Gasteiger partial charge in [0.2, 0.25) is 5.91 Å². The Kier molecular flexibility index (Phi) is 3.45. The van der Waals surface area contributed by atoms with Gasteiger partial charge in [-0.25, -0.2) is 0 Å². The van der Waals surface area contributed by atoms with E-state index in [1.807, 2.05) is 36.4 Å². The summed E-state index contributed by atoms with van der Waals surface area (Å²) in [5.74, 6) is 0.0923. The number of para-hydroxylation sites is 1. The van der Waals surface area contributed by atoms with Crippen molar-refractivity contribution in [2.45, 2.75) is 38.1 Å². The molecule has 1 heterocycles.